The molecule has 1 aromatic heterocycles. The third kappa shape index (κ3) is 3.39. The zero-order valence-electron chi connectivity index (χ0n) is 16.4. The van der Waals surface area contributed by atoms with Crippen molar-refractivity contribution in [3.05, 3.63) is 58.4 Å². The third-order valence-corrected chi connectivity index (χ3v) is 7.12. The van der Waals surface area contributed by atoms with Crippen LogP contribution in [0.4, 0.5) is 10.1 Å². The Morgan fingerprint density at radius 2 is 2.00 bits per heavy atom. The number of benzene rings is 1. The highest BCUT2D eigenvalue weighted by molar-refractivity contribution is 6.31. The zero-order valence-corrected chi connectivity index (χ0v) is 17.1. The smallest absolute Gasteiger partial charge is 0.274 e. The fourth-order valence-electron chi connectivity index (χ4n) is 5.55. The number of hydrogen-bond acceptors (Lipinski definition) is 2. The van der Waals surface area contributed by atoms with Crippen LogP contribution in [0.25, 0.3) is 0 Å². The van der Waals surface area contributed by atoms with Gasteiger partial charge in [0.15, 0.2) is 0 Å². The lowest BCUT2D eigenvalue weighted by Gasteiger charge is -2.17. The summed E-state index contributed by atoms with van der Waals surface area (Å²) in [6.45, 7) is 5.00. The SMILES string of the molecule is C=C1CC2CC(c3nc4n(c3C(=O)Nc3ccc(F)c(Cl)c3)CCCC4)CC2C1. The van der Waals surface area contributed by atoms with Gasteiger partial charge in [-0.3, -0.25) is 4.79 Å². The second-order valence-corrected chi connectivity index (χ2v) is 9.21. The van der Waals surface area contributed by atoms with Gasteiger partial charge in [0.1, 0.15) is 17.3 Å². The van der Waals surface area contributed by atoms with Gasteiger partial charge in [-0.1, -0.05) is 23.8 Å². The number of carbonyl (C=O) groups excluding carboxylic acids is 1. The van der Waals surface area contributed by atoms with Crippen LogP contribution < -0.4 is 5.32 Å². The Bertz CT molecular complexity index is 982. The van der Waals surface area contributed by atoms with Crippen molar-refractivity contribution in [2.75, 3.05) is 5.32 Å². The quantitative estimate of drug-likeness (QED) is 0.653. The average molecular weight is 414 g/mol. The summed E-state index contributed by atoms with van der Waals surface area (Å²) in [6.07, 6.45) is 7.49. The summed E-state index contributed by atoms with van der Waals surface area (Å²) in [6, 6.07) is 4.26. The van der Waals surface area contributed by atoms with Crippen LogP contribution in [0.1, 0.15) is 66.4 Å². The van der Waals surface area contributed by atoms with Gasteiger partial charge in [0.25, 0.3) is 5.91 Å². The molecule has 2 unspecified atom stereocenters. The predicted octanol–water partition coefficient (Wildman–Crippen LogP) is 5.72. The van der Waals surface area contributed by atoms with Crippen LogP contribution >= 0.6 is 11.6 Å². The molecule has 4 nitrogen and oxygen atoms in total. The fraction of sp³-hybridized carbons (Fsp3) is 0.478. The first-order valence-corrected chi connectivity index (χ1v) is 10.9. The molecule has 29 heavy (non-hydrogen) atoms. The molecule has 2 aliphatic carbocycles. The summed E-state index contributed by atoms with van der Waals surface area (Å²) >= 11 is 5.89. The summed E-state index contributed by atoms with van der Waals surface area (Å²) in [7, 11) is 0. The summed E-state index contributed by atoms with van der Waals surface area (Å²) in [5.74, 6) is 2.04. The van der Waals surface area contributed by atoms with Crippen LogP contribution in [-0.4, -0.2) is 15.5 Å². The number of aryl methyl sites for hydroxylation is 1. The Balaban J connectivity index is 1.46. The van der Waals surface area contributed by atoms with E-state index >= 15 is 0 Å². The minimum atomic E-state index is -0.494. The number of carbonyl (C=O) groups is 1. The summed E-state index contributed by atoms with van der Waals surface area (Å²) in [4.78, 5) is 18.3. The number of halogens is 2. The maximum absolute atomic E-state index is 13.5. The van der Waals surface area contributed by atoms with Crippen LogP contribution in [0.3, 0.4) is 0 Å². The van der Waals surface area contributed by atoms with E-state index in [9.17, 15) is 9.18 Å². The van der Waals surface area contributed by atoms with E-state index < -0.39 is 5.82 Å². The van der Waals surface area contributed by atoms with Crippen LogP contribution in [0, 0.1) is 17.7 Å². The van der Waals surface area contributed by atoms with Crippen LogP contribution in [0.5, 0.6) is 0 Å². The molecule has 2 aromatic rings. The van der Waals surface area contributed by atoms with Crippen LogP contribution in [-0.2, 0) is 13.0 Å². The number of anilines is 1. The van der Waals surface area contributed by atoms with E-state index in [-0.39, 0.29) is 10.9 Å². The van der Waals surface area contributed by atoms with E-state index in [1.165, 1.54) is 23.8 Å². The van der Waals surface area contributed by atoms with E-state index in [2.05, 4.69) is 16.5 Å². The lowest BCUT2D eigenvalue weighted by molar-refractivity contribution is 0.101. The fourth-order valence-corrected chi connectivity index (χ4v) is 5.73. The Kier molecular flexibility index (Phi) is 4.73. The number of amides is 1. The predicted molar refractivity (Wildman–Crippen MR) is 112 cm³/mol. The van der Waals surface area contributed by atoms with Crippen molar-refractivity contribution in [3.8, 4) is 0 Å². The van der Waals surface area contributed by atoms with Gasteiger partial charge in [-0.05, 0) is 68.6 Å². The lowest BCUT2D eigenvalue weighted by Crippen LogP contribution is -2.22. The highest BCUT2D eigenvalue weighted by atomic mass is 35.5. The summed E-state index contributed by atoms with van der Waals surface area (Å²) < 4.78 is 15.6. The number of imidazole rings is 1. The van der Waals surface area contributed by atoms with E-state index in [0.717, 1.165) is 63.0 Å². The van der Waals surface area contributed by atoms with Gasteiger partial charge < -0.3 is 9.88 Å². The second kappa shape index (κ2) is 7.28. The van der Waals surface area contributed by atoms with Gasteiger partial charge in [-0.25, -0.2) is 9.37 Å². The Morgan fingerprint density at radius 1 is 1.24 bits per heavy atom. The van der Waals surface area contributed by atoms with Crippen molar-refractivity contribution >= 4 is 23.2 Å². The number of fused-ring (bicyclic) bond motifs is 2. The standard InChI is InChI=1S/C23H25ClFN3O/c1-13-8-14-10-16(11-15(14)9-13)21-22(28-7-3-2-4-20(28)27-21)23(29)26-17-5-6-19(25)18(24)12-17/h5-6,12,14-16H,1-4,7-11H2,(H,26,29). The summed E-state index contributed by atoms with van der Waals surface area (Å²) in [5.41, 5.74) is 3.50. The number of nitrogens with zero attached hydrogens (tertiary/aromatic N) is 2. The first-order chi connectivity index (χ1) is 14.0. The minimum absolute atomic E-state index is 0.00202. The van der Waals surface area contributed by atoms with E-state index in [4.69, 9.17) is 16.6 Å². The molecule has 1 N–H and O–H groups in total. The molecule has 0 radical (unpaired) electrons. The Labute approximate surface area is 175 Å². The van der Waals surface area contributed by atoms with Crippen LogP contribution in [0.15, 0.2) is 30.4 Å². The highest BCUT2D eigenvalue weighted by Crippen LogP contribution is 2.52. The maximum atomic E-state index is 13.5. The van der Waals surface area contributed by atoms with Crippen molar-refractivity contribution in [3.63, 3.8) is 0 Å². The molecule has 2 heterocycles. The molecule has 0 bridgehead atoms. The first kappa shape index (κ1) is 18.9. The molecule has 1 aromatic carbocycles. The maximum Gasteiger partial charge on any atom is 0.274 e. The van der Waals surface area contributed by atoms with Crippen molar-refractivity contribution < 1.29 is 9.18 Å². The number of aromatic nitrogens is 2. The van der Waals surface area contributed by atoms with Crippen molar-refractivity contribution in [2.45, 2.75) is 57.4 Å². The highest BCUT2D eigenvalue weighted by Gasteiger charge is 2.42. The zero-order chi connectivity index (χ0) is 20.1. The number of nitrogens with one attached hydrogen (secondary N) is 1. The molecule has 2 saturated carbocycles. The minimum Gasteiger partial charge on any atom is -0.324 e. The normalized spacial score (nSPS) is 25.7. The molecule has 3 aliphatic rings. The molecule has 2 atom stereocenters. The Morgan fingerprint density at radius 3 is 2.72 bits per heavy atom. The molecule has 0 saturated heterocycles. The van der Waals surface area contributed by atoms with E-state index in [0.29, 0.717) is 29.1 Å². The lowest BCUT2D eigenvalue weighted by atomic mass is 9.97. The number of allylic oxidation sites excluding steroid dienone is 1. The van der Waals surface area contributed by atoms with Crippen molar-refractivity contribution in [2.24, 2.45) is 11.8 Å². The molecule has 5 rings (SSSR count). The molecule has 0 spiro atoms. The molecule has 6 heteroatoms. The average Bonchev–Trinajstić information content (AvgIpc) is 3.34. The second-order valence-electron chi connectivity index (χ2n) is 8.80. The van der Waals surface area contributed by atoms with E-state index in [1.807, 2.05) is 0 Å². The van der Waals surface area contributed by atoms with Gasteiger partial charge in [-0.2, -0.15) is 0 Å². The van der Waals surface area contributed by atoms with Gasteiger partial charge >= 0.3 is 0 Å². The molecular weight excluding hydrogens is 389 g/mol. The first-order valence-electron chi connectivity index (χ1n) is 10.5. The van der Waals surface area contributed by atoms with Gasteiger partial charge in [-0.15, -0.1) is 0 Å². The molecule has 2 fully saturated rings. The summed E-state index contributed by atoms with van der Waals surface area (Å²) in [5, 5.41) is 2.92. The van der Waals surface area contributed by atoms with Gasteiger partial charge in [0, 0.05) is 24.6 Å². The number of hydrogen-bond donors (Lipinski definition) is 1. The monoisotopic (exact) mass is 413 g/mol. The van der Waals surface area contributed by atoms with Gasteiger partial charge in [0.05, 0.1) is 10.7 Å². The van der Waals surface area contributed by atoms with E-state index in [1.54, 1.807) is 0 Å². The van der Waals surface area contributed by atoms with Gasteiger partial charge in [0.2, 0.25) is 0 Å². The van der Waals surface area contributed by atoms with Crippen molar-refractivity contribution in [1.82, 2.24) is 9.55 Å². The molecule has 152 valence electrons. The molecular formula is C23H25ClFN3O. The molecule has 1 aliphatic heterocycles. The largest absolute Gasteiger partial charge is 0.324 e. The number of rotatable bonds is 3. The third-order valence-electron chi connectivity index (χ3n) is 6.83. The molecule has 1 amide bonds. The topological polar surface area (TPSA) is 46.9 Å². The van der Waals surface area contributed by atoms with Crippen molar-refractivity contribution in [1.29, 1.82) is 0 Å². The van der Waals surface area contributed by atoms with Crippen LogP contribution in [0.2, 0.25) is 5.02 Å². The Hall–Kier alpha value is -2.14.